The van der Waals surface area contributed by atoms with Gasteiger partial charge in [0.15, 0.2) is 0 Å². The van der Waals surface area contributed by atoms with Gasteiger partial charge in [0.05, 0.1) is 5.60 Å². The zero-order valence-corrected chi connectivity index (χ0v) is 7.46. The molecule has 10 heavy (non-hydrogen) atoms. The van der Waals surface area contributed by atoms with Crippen molar-refractivity contribution < 1.29 is 4.74 Å². The first-order chi connectivity index (χ1) is 4.83. The van der Waals surface area contributed by atoms with Gasteiger partial charge in [-0.2, -0.15) is 11.8 Å². The summed E-state index contributed by atoms with van der Waals surface area (Å²) in [6, 6.07) is 0. The Hall–Kier alpha value is 0.270. The zero-order valence-electron chi connectivity index (χ0n) is 6.64. The number of ether oxygens (including phenoxy) is 1. The second-order valence-electron chi connectivity index (χ2n) is 2.73. The van der Waals surface area contributed by atoms with E-state index in [9.17, 15) is 0 Å². The second kappa shape index (κ2) is 3.60. The highest BCUT2D eigenvalue weighted by Crippen LogP contribution is 2.21. The maximum absolute atomic E-state index is 5.40. The predicted octanol–water partition coefficient (Wildman–Crippen LogP) is 0.728. The molecule has 1 saturated heterocycles. The van der Waals surface area contributed by atoms with Crippen LogP contribution in [0.1, 0.15) is 6.42 Å². The van der Waals surface area contributed by atoms with E-state index in [1.807, 2.05) is 11.8 Å². The molecule has 0 radical (unpaired) electrons. The Morgan fingerprint density at radius 3 is 2.60 bits per heavy atom. The Kier molecular flexibility index (Phi) is 3.01. The molecule has 1 fully saturated rings. The Bertz CT molecular complexity index is 98.3. The number of rotatable bonds is 4. The average Bonchev–Trinajstić information content (AvgIpc) is 1.87. The van der Waals surface area contributed by atoms with Crippen LogP contribution in [0, 0.1) is 0 Å². The predicted molar refractivity (Wildman–Crippen MR) is 45.6 cm³/mol. The largest absolute Gasteiger partial charge is 0.376 e. The van der Waals surface area contributed by atoms with Gasteiger partial charge in [-0.3, -0.25) is 0 Å². The van der Waals surface area contributed by atoms with Crippen molar-refractivity contribution in [3.63, 3.8) is 0 Å². The first kappa shape index (κ1) is 8.37. The first-order valence-corrected chi connectivity index (χ1v) is 4.97. The van der Waals surface area contributed by atoms with Crippen LogP contribution < -0.4 is 5.32 Å². The van der Waals surface area contributed by atoms with Crippen LogP contribution in [0.2, 0.25) is 0 Å². The van der Waals surface area contributed by atoms with Gasteiger partial charge < -0.3 is 10.1 Å². The Balaban J connectivity index is 2.20. The molecular weight excluding hydrogens is 146 g/mol. The van der Waals surface area contributed by atoms with Gasteiger partial charge >= 0.3 is 0 Å². The molecule has 1 rings (SSSR count). The van der Waals surface area contributed by atoms with E-state index in [0.29, 0.717) is 0 Å². The summed E-state index contributed by atoms with van der Waals surface area (Å²) in [4.78, 5) is 0. The summed E-state index contributed by atoms with van der Waals surface area (Å²) in [5, 5.41) is 3.23. The van der Waals surface area contributed by atoms with Crippen molar-refractivity contribution in [2.24, 2.45) is 0 Å². The molecule has 0 aromatic carbocycles. The molecule has 1 aliphatic heterocycles. The summed E-state index contributed by atoms with van der Waals surface area (Å²) >= 11 is 1.89. The summed E-state index contributed by atoms with van der Waals surface area (Å²) in [7, 11) is 1.81. The monoisotopic (exact) mass is 161 g/mol. The highest BCUT2D eigenvalue weighted by molar-refractivity contribution is 7.98. The lowest BCUT2D eigenvalue weighted by molar-refractivity contribution is -0.0524. The quantitative estimate of drug-likeness (QED) is 0.656. The third-order valence-electron chi connectivity index (χ3n) is 2.09. The first-order valence-electron chi connectivity index (χ1n) is 3.58. The van der Waals surface area contributed by atoms with Gasteiger partial charge in [0, 0.05) is 20.2 Å². The summed E-state index contributed by atoms with van der Waals surface area (Å²) in [6.07, 6.45) is 3.31. The SMILES string of the molecule is COC1(CCSC)CNC1. The maximum atomic E-state index is 5.40. The molecule has 0 spiro atoms. The van der Waals surface area contributed by atoms with E-state index in [0.717, 1.165) is 13.1 Å². The van der Waals surface area contributed by atoms with E-state index in [2.05, 4.69) is 11.6 Å². The van der Waals surface area contributed by atoms with Crippen LogP contribution in [0.4, 0.5) is 0 Å². The summed E-state index contributed by atoms with van der Waals surface area (Å²) in [5.41, 5.74) is 0.184. The third kappa shape index (κ3) is 1.65. The minimum Gasteiger partial charge on any atom is -0.376 e. The Morgan fingerprint density at radius 2 is 2.30 bits per heavy atom. The van der Waals surface area contributed by atoms with Gasteiger partial charge in [0.2, 0.25) is 0 Å². The van der Waals surface area contributed by atoms with Gasteiger partial charge in [-0.25, -0.2) is 0 Å². The fourth-order valence-corrected chi connectivity index (χ4v) is 1.69. The van der Waals surface area contributed by atoms with Crippen molar-refractivity contribution in [2.45, 2.75) is 12.0 Å². The van der Waals surface area contributed by atoms with E-state index in [4.69, 9.17) is 4.74 Å². The van der Waals surface area contributed by atoms with Gasteiger partial charge in [-0.15, -0.1) is 0 Å². The van der Waals surface area contributed by atoms with Crippen LogP contribution >= 0.6 is 11.8 Å². The maximum Gasteiger partial charge on any atom is 0.0933 e. The Morgan fingerprint density at radius 1 is 1.60 bits per heavy atom. The molecule has 1 N–H and O–H groups in total. The lowest BCUT2D eigenvalue weighted by atomic mass is 9.94. The van der Waals surface area contributed by atoms with Crippen molar-refractivity contribution in [2.75, 3.05) is 32.2 Å². The fraction of sp³-hybridized carbons (Fsp3) is 1.00. The molecule has 0 aromatic rings. The van der Waals surface area contributed by atoms with Crippen molar-refractivity contribution >= 4 is 11.8 Å². The number of nitrogens with one attached hydrogen (secondary N) is 1. The van der Waals surface area contributed by atoms with E-state index in [1.54, 1.807) is 7.11 Å². The standard InChI is InChI=1S/C7H15NOS/c1-9-7(3-4-10-2)5-8-6-7/h8H,3-6H2,1-2H3. The minimum atomic E-state index is 0.184. The number of thioether (sulfide) groups is 1. The minimum absolute atomic E-state index is 0.184. The molecule has 0 aromatic heterocycles. The van der Waals surface area contributed by atoms with Crippen molar-refractivity contribution in [3.05, 3.63) is 0 Å². The molecule has 0 saturated carbocycles. The van der Waals surface area contributed by atoms with Gasteiger partial charge in [-0.1, -0.05) is 0 Å². The normalized spacial score (nSPS) is 22.2. The highest BCUT2D eigenvalue weighted by atomic mass is 32.2. The molecule has 1 heterocycles. The third-order valence-corrected chi connectivity index (χ3v) is 2.70. The molecular formula is C7H15NOS. The number of methoxy groups -OCH3 is 1. The molecule has 0 amide bonds. The van der Waals surface area contributed by atoms with Gasteiger partial charge in [0.25, 0.3) is 0 Å². The lowest BCUT2D eigenvalue weighted by Crippen LogP contribution is -2.60. The van der Waals surface area contributed by atoms with Crippen LogP contribution in [0.25, 0.3) is 0 Å². The Labute approximate surface area is 66.7 Å². The van der Waals surface area contributed by atoms with Crippen LogP contribution in [0.15, 0.2) is 0 Å². The van der Waals surface area contributed by atoms with E-state index in [-0.39, 0.29) is 5.60 Å². The topological polar surface area (TPSA) is 21.3 Å². The van der Waals surface area contributed by atoms with Crippen molar-refractivity contribution in [1.82, 2.24) is 5.32 Å². The number of hydrogen-bond donors (Lipinski definition) is 1. The van der Waals surface area contributed by atoms with E-state index < -0.39 is 0 Å². The van der Waals surface area contributed by atoms with Crippen molar-refractivity contribution in [3.8, 4) is 0 Å². The second-order valence-corrected chi connectivity index (χ2v) is 3.72. The molecule has 2 nitrogen and oxygen atoms in total. The van der Waals surface area contributed by atoms with Crippen molar-refractivity contribution in [1.29, 1.82) is 0 Å². The van der Waals surface area contributed by atoms with Crippen LogP contribution in [0.3, 0.4) is 0 Å². The van der Waals surface area contributed by atoms with E-state index in [1.165, 1.54) is 12.2 Å². The number of hydrogen-bond acceptors (Lipinski definition) is 3. The summed E-state index contributed by atoms with van der Waals surface area (Å²) in [5.74, 6) is 1.20. The molecule has 0 bridgehead atoms. The van der Waals surface area contributed by atoms with Gasteiger partial charge in [-0.05, 0) is 18.4 Å². The molecule has 0 atom stereocenters. The van der Waals surface area contributed by atoms with Crippen LogP contribution in [-0.4, -0.2) is 37.8 Å². The lowest BCUT2D eigenvalue weighted by Gasteiger charge is -2.41. The summed E-state index contributed by atoms with van der Waals surface area (Å²) < 4.78 is 5.40. The molecule has 0 aliphatic carbocycles. The summed E-state index contributed by atoms with van der Waals surface area (Å²) in [6.45, 7) is 2.06. The zero-order chi connectivity index (χ0) is 7.45. The van der Waals surface area contributed by atoms with Gasteiger partial charge in [0.1, 0.15) is 0 Å². The van der Waals surface area contributed by atoms with Crippen LogP contribution in [-0.2, 0) is 4.74 Å². The van der Waals surface area contributed by atoms with E-state index >= 15 is 0 Å². The van der Waals surface area contributed by atoms with Crippen LogP contribution in [0.5, 0.6) is 0 Å². The smallest absolute Gasteiger partial charge is 0.0933 e. The molecule has 1 aliphatic rings. The highest BCUT2D eigenvalue weighted by Gasteiger charge is 2.35. The fourth-order valence-electron chi connectivity index (χ4n) is 1.12. The molecule has 60 valence electrons. The average molecular weight is 161 g/mol. The molecule has 0 unspecified atom stereocenters. The molecule has 3 heteroatoms.